The zero-order valence-electron chi connectivity index (χ0n) is 12.4. The number of hydrogen-bond donors (Lipinski definition) is 1. The van der Waals surface area contributed by atoms with Gasteiger partial charge in [0, 0.05) is 11.9 Å². The summed E-state index contributed by atoms with van der Waals surface area (Å²) in [5, 5.41) is 0. The molecule has 0 fully saturated rings. The first-order chi connectivity index (χ1) is 9.23. The van der Waals surface area contributed by atoms with Crippen LogP contribution in [0.1, 0.15) is 45.2 Å². The number of benzene rings is 1. The molecule has 5 heteroatoms. The molecule has 1 unspecified atom stereocenters. The van der Waals surface area contributed by atoms with Crippen molar-refractivity contribution in [2.24, 2.45) is 5.41 Å². The molecule has 1 N–H and O–H groups in total. The third-order valence-corrected chi connectivity index (χ3v) is 4.62. The van der Waals surface area contributed by atoms with Gasteiger partial charge in [0.05, 0.1) is 5.75 Å². The Bertz CT molecular complexity index is 494. The number of alkyl halides is 1. The van der Waals surface area contributed by atoms with Crippen molar-refractivity contribution < 1.29 is 8.42 Å². The highest BCUT2D eigenvalue weighted by Crippen LogP contribution is 2.29. The van der Waals surface area contributed by atoms with Crippen LogP contribution in [0.3, 0.4) is 0 Å². The van der Waals surface area contributed by atoms with E-state index in [9.17, 15) is 8.42 Å². The number of halogens is 1. The molecule has 1 rings (SSSR count). The Morgan fingerprint density at radius 3 is 2.30 bits per heavy atom. The van der Waals surface area contributed by atoms with E-state index >= 15 is 0 Å². The quantitative estimate of drug-likeness (QED) is 0.779. The number of sulfonamides is 1. The molecule has 0 saturated heterocycles. The van der Waals surface area contributed by atoms with Crippen LogP contribution in [0.25, 0.3) is 0 Å². The minimum Gasteiger partial charge on any atom is -0.212 e. The van der Waals surface area contributed by atoms with Crippen molar-refractivity contribution in [2.45, 2.75) is 39.7 Å². The second-order valence-electron chi connectivity index (χ2n) is 6.21. The van der Waals surface area contributed by atoms with E-state index in [2.05, 4.69) is 25.5 Å². The van der Waals surface area contributed by atoms with Crippen LogP contribution in [0.15, 0.2) is 30.3 Å². The summed E-state index contributed by atoms with van der Waals surface area (Å²) in [7, 11) is -3.30. The first-order valence-electron chi connectivity index (χ1n) is 6.84. The smallest absolute Gasteiger partial charge is 0.212 e. The molecule has 1 aromatic rings. The lowest BCUT2D eigenvalue weighted by molar-refractivity contribution is 0.331. The fourth-order valence-corrected chi connectivity index (χ4v) is 3.63. The minimum atomic E-state index is -3.30. The van der Waals surface area contributed by atoms with Gasteiger partial charge in [0.25, 0.3) is 0 Å². The first kappa shape index (κ1) is 17.5. The molecule has 20 heavy (non-hydrogen) atoms. The summed E-state index contributed by atoms with van der Waals surface area (Å²) >= 11 is 5.58. The van der Waals surface area contributed by atoms with Gasteiger partial charge >= 0.3 is 0 Å². The van der Waals surface area contributed by atoms with Crippen molar-refractivity contribution in [1.82, 2.24) is 4.72 Å². The molecular formula is C15H24ClNO2S. The highest BCUT2D eigenvalue weighted by Gasteiger charge is 2.24. The van der Waals surface area contributed by atoms with E-state index in [1.165, 1.54) is 0 Å². The van der Waals surface area contributed by atoms with E-state index in [0.717, 1.165) is 12.0 Å². The molecular weight excluding hydrogens is 294 g/mol. The predicted molar refractivity (Wildman–Crippen MR) is 85.5 cm³/mol. The standard InChI is InChI=1S/C15H24ClNO2S/c1-15(2,3)12-14(13-8-5-4-6-9-13)17-20(18,19)11-7-10-16/h4-6,8-9,14,17H,7,10-12H2,1-3H3. The van der Waals surface area contributed by atoms with Crippen molar-refractivity contribution in [3.8, 4) is 0 Å². The number of nitrogens with one attached hydrogen (secondary N) is 1. The molecule has 0 aliphatic rings. The topological polar surface area (TPSA) is 46.2 Å². The summed E-state index contributed by atoms with van der Waals surface area (Å²) < 4.78 is 27.0. The molecule has 0 spiro atoms. The van der Waals surface area contributed by atoms with Crippen molar-refractivity contribution in [1.29, 1.82) is 0 Å². The van der Waals surface area contributed by atoms with E-state index in [-0.39, 0.29) is 17.2 Å². The minimum absolute atomic E-state index is 0.0372. The zero-order valence-corrected chi connectivity index (χ0v) is 14.0. The van der Waals surface area contributed by atoms with E-state index in [0.29, 0.717) is 12.3 Å². The second kappa shape index (κ2) is 7.43. The van der Waals surface area contributed by atoms with Crippen molar-refractivity contribution in [3.05, 3.63) is 35.9 Å². The molecule has 0 amide bonds. The Balaban J connectivity index is 2.89. The normalized spacial score (nSPS) is 14.2. The average molecular weight is 318 g/mol. The Morgan fingerprint density at radius 2 is 1.80 bits per heavy atom. The van der Waals surface area contributed by atoms with Gasteiger partial charge in [-0.15, -0.1) is 11.6 Å². The van der Waals surface area contributed by atoms with Gasteiger partial charge in [-0.25, -0.2) is 13.1 Å². The maximum absolute atomic E-state index is 12.1. The Morgan fingerprint density at radius 1 is 1.20 bits per heavy atom. The molecule has 0 aliphatic carbocycles. The summed E-state index contributed by atoms with van der Waals surface area (Å²) in [6, 6.07) is 9.51. The molecule has 1 atom stereocenters. The van der Waals surface area contributed by atoms with Gasteiger partial charge in [-0.1, -0.05) is 51.1 Å². The molecule has 0 bridgehead atoms. The summed E-state index contributed by atoms with van der Waals surface area (Å²) in [6.45, 7) is 6.32. The van der Waals surface area contributed by atoms with Crippen LogP contribution in [-0.4, -0.2) is 20.1 Å². The van der Waals surface area contributed by atoms with Crippen LogP contribution < -0.4 is 4.72 Å². The highest BCUT2D eigenvalue weighted by atomic mass is 35.5. The summed E-state index contributed by atoms with van der Waals surface area (Å²) in [5.41, 5.74) is 1.03. The van der Waals surface area contributed by atoms with Gasteiger partial charge in [-0.05, 0) is 23.8 Å². The van der Waals surface area contributed by atoms with Crippen LogP contribution >= 0.6 is 11.6 Å². The molecule has 0 aromatic heterocycles. The summed E-state index contributed by atoms with van der Waals surface area (Å²) in [5.74, 6) is 0.431. The fraction of sp³-hybridized carbons (Fsp3) is 0.600. The van der Waals surface area contributed by atoms with E-state index in [4.69, 9.17) is 11.6 Å². The van der Waals surface area contributed by atoms with Gasteiger partial charge in [0.15, 0.2) is 0 Å². The van der Waals surface area contributed by atoms with Gasteiger partial charge in [0.1, 0.15) is 0 Å². The molecule has 0 saturated carbocycles. The third kappa shape index (κ3) is 6.73. The largest absolute Gasteiger partial charge is 0.212 e. The molecule has 3 nitrogen and oxygen atoms in total. The molecule has 114 valence electrons. The lowest BCUT2D eigenvalue weighted by Gasteiger charge is -2.27. The van der Waals surface area contributed by atoms with Crippen LogP contribution in [-0.2, 0) is 10.0 Å². The van der Waals surface area contributed by atoms with E-state index in [1.807, 2.05) is 30.3 Å². The molecule has 0 radical (unpaired) electrons. The predicted octanol–water partition coefficient (Wildman–Crippen LogP) is 3.71. The van der Waals surface area contributed by atoms with Crippen LogP contribution in [0.5, 0.6) is 0 Å². The lowest BCUT2D eigenvalue weighted by atomic mass is 9.86. The highest BCUT2D eigenvalue weighted by molar-refractivity contribution is 7.89. The van der Waals surface area contributed by atoms with E-state index in [1.54, 1.807) is 0 Å². The van der Waals surface area contributed by atoms with E-state index < -0.39 is 10.0 Å². The van der Waals surface area contributed by atoms with Gasteiger partial charge < -0.3 is 0 Å². The van der Waals surface area contributed by atoms with Crippen molar-refractivity contribution in [3.63, 3.8) is 0 Å². The lowest BCUT2D eigenvalue weighted by Crippen LogP contribution is -2.33. The summed E-state index contributed by atoms with van der Waals surface area (Å²) in [6.07, 6.45) is 1.21. The van der Waals surface area contributed by atoms with Crippen molar-refractivity contribution >= 4 is 21.6 Å². The maximum Gasteiger partial charge on any atom is 0.212 e. The summed E-state index contributed by atoms with van der Waals surface area (Å²) in [4.78, 5) is 0. The number of rotatable bonds is 7. The molecule has 0 aliphatic heterocycles. The average Bonchev–Trinajstić information content (AvgIpc) is 2.35. The zero-order chi connectivity index (χ0) is 15.2. The SMILES string of the molecule is CC(C)(C)CC(NS(=O)(=O)CCCCl)c1ccccc1. The van der Waals surface area contributed by atoms with Crippen LogP contribution in [0, 0.1) is 5.41 Å². The van der Waals surface area contributed by atoms with Crippen LogP contribution in [0.2, 0.25) is 0 Å². The third-order valence-electron chi connectivity index (χ3n) is 2.89. The van der Waals surface area contributed by atoms with Gasteiger partial charge in [-0.2, -0.15) is 0 Å². The van der Waals surface area contributed by atoms with Crippen molar-refractivity contribution in [2.75, 3.05) is 11.6 Å². The Kier molecular flexibility index (Phi) is 6.49. The Hall–Kier alpha value is -0.580. The monoisotopic (exact) mass is 317 g/mol. The number of hydrogen-bond acceptors (Lipinski definition) is 2. The fourth-order valence-electron chi connectivity index (χ4n) is 2.05. The maximum atomic E-state index is 12.1. The van der Waals surface area contributed by atoms with Gasteiger partial charge in [-0.3, -0.25) is 0 Å². The van der Waals surface area contributed by atoms with Gasteiger partial charge in [0.2, 0.25) is 10.0 Å². The first-order valence-corrected chi connectivity index (χ1v) is 9.03. The molecule has 0 heterocycles. The molecule has 1 aromatic carbocycles. The Labute approximate surface area is 127 Å². The second-order valence-corrected chi connectivity index (χ2v) is 8.46. The van der Waals surface area contributed by atoms with Crippen LogP contribution in [0.4, 0.5) is 0 Å².